The molecule has 0 aliphatic rings. The number of hydrogen-bond acceptors (Lipinski definition) is 2. The number of halogens is 1. The number of nitrogens with one attached hydrogen (secondary N) is 1. The smallest absolute Gasteiger partial charge is 0.220 e. The van der Waals surface area contributed by atoms with Crippen molar-refractivity contribution in [1.29, 1.82) is 0 Å². The van der Waals surface area contributed by atoms with Crippen LogP contribution < -0.4 is 5.32 Å². The first kappa shape index (κ1) is 16.2. The van der Waals surface area contributed by atoms with Crippen molar-refractivity contribution in [1.82, 2.24) is 15.1 Å². The molecule has 2 rings (SSSR count). The quantitative estimate of drug-likeness (QED) is 0.852. The van der Waals surface area contributed by atoms with Crippen molar-refractivity contribution >= 4 is 5.91 Å². The van der Waals surface area contributed by atoms with Crippen molar-refractivity contribution in [2.45, 2.75) is 45.7 Å². The molecule has 1 heterocycles. The molecule has 0 bridgehead atoms. The molecule has 0 unspecified atom stereocenters. The van der Waals surface area contributed by atoms with Gasteiger partial charge in [-0.1, -0.05) is 19.1 Å². The van der Waals surface area contributed by atoms with Crippen molar-refractivity contribution in [3.8, 4) is 11.1 Å². The van der Waals surface area contributed by atoms with Gasteiger partial charge in [0.1, 0.15) is 5.82 Å². The Kier molecular flexibility index (Phi) is 5.69. The van der Waals surface area contributed by atoms with Crippen LogP contribution in [0.2, 0.25) is 0 Å². The van der Waals surface area contributed by atoms with Crippen LogP contribution in [0.1, 0.15) is 33.1 Å². The molecule has 0 fully saturated rings. The summed E-state index contributed by atoms with van der Waals surface area (Å²) < 4.78 is 14.7. The lowest BCUT2D eigenvalue weighted by Crippen LogP contribution is -2.31. The van der Waals surface area contributed by atoms with E-state index >= 15 is 0 Å². The first-order valence-electron chi connectivity index (χ1n) is 7.66. The van der Waals surface area contributed by atoms with E-state index in [9.17, 15) is 9.18 Å². The fourth-order valence-corrected chi connectivity index (χ4v) is 2.13. The fourth-order valence-electron chi connectivity index (χ4n) is 2.13. The van der Waals surface area contributed by atoms with E-state index in [0.717, 1.165) is 24.0 Å². The van der Waals surface area contributed by atoms with Crippen LogP contribution in [0.15, 0.2) is 36.7 Å². The number of hydrogen-bond donors (Lipinski definition) is 1. The minimum absolute atomic E-state index is 0.0836. The SMILES string of the molecule is CC[C@H](C)NC(=O)CCCn1cc(-c2ccc(F)cc2)cn1. The van der Waals surface area contributed by atoms with Gasteiger partial charge in [0.2, 0.25) is 5.91 Å². The van der Waals surface area contributed by atoms with E-state index in [0.29, 0.717) is 13.0 Å². The summed E-state index contributed by atoms with van der Waals surface area (Å²) in [6.45, 7) is 4.74. The van der Waals surface area contributed by atoms with Gasteiger partial charge in [-0.3, -0.25) is 9.48 Å². The van der Waals surface area contributed by atoms with Gasteiger partial charge in [-0.25, -0.2) is 4.39 Å². The van der Waals surface area contributed by atoms with E-state index < -0.39 is 0 Å². The predicted molar refractivity (Wildman–Crippen MR) is 84.8 cm³/mol. The Morgan fingerprint density at radius 2 is 2.05 bits per heavy atom. The van der Waals surface area contributed by atoms with Crippen molar-refractivity contribution in [3.63, 3.8) is 0 Å². The third-order valence-corrected chi connectivity index (χ3v) is 3.62. The molecule has 0 saturated heterocycles. The van der Waals surface area contributed by atoms with Gasteiger partial charge in [0, 0.05) is 30.8 Å². The summed E-state index contributed by atoms with van der Waals surface area (Å²) in [5, 5.41) is 7.23. The highest BCUT2D eigenvalue weighted by molar-refractivity contribution is 5.76. The van der Waals surface area contributed by atoms with Crippen LogP contribution in [0.3, 0.4) is 0 Å². The van der Waals surface area contributed by atoms with Crippen molar-refractivity contribution in [3.05, 3.63) is 42.5 Å². The van der Waals surface area contributed by atoms with E-state index in [1.807, 2.05) is 24.7 Å². The summed E-state index contributed by atoms with van der Waals surface area (Å²) in [6.07, 6.45) is 5.85. The molecule has 0 spiro atoms. The molecule has 1 atom stereocenters. The zero-order valence-corrected chi connectivity index (χ0v) is 13.1. The van der Waals surface area contributed by atoms with Gasteiger partial charge in [0.25, 0.3) is 0 Å². The Morgan fingerprint density at radius 1 is 1.32 bits per heavy atom. The predicted octanol–water partition coefficient (Wildman–Crippen LogP) is 3.38. The standard InChI is InChI=1S/C17H22FN3O/c1-3-13(2)20-17(22)5-4-10-21-12-15(11-19-21)14-6-8-16(18)9-7-14/h6-9,11-13H,3-5,10H2,1-2H3,(H,20,22)/t13-/m0/s1. The van der Waals surface area contributed by atoms with Crippen LogP contribution in [0, 0.1) is 5.82 Å². The van der Waals surface area contributed by atoms with Crippen LogP contribution in [-0.2, 0) is 11.3 Å². The van der Waals surface area contributed by atoms with Gasteiger partial charge in [0.15, 0.2) is 0 Å². The molecule has 0 aliphatic carbocycles. The largest absolute Gasteiger partial charge is 0.354 e. The van der Waals surface area contributed by atoms with Crippen LogP contribution in [0.5, 0.6) is 0 Å². The lowest BCUT2D eigenvalue weighted by atomic mass is 10.1. The second-order valence-electron chi connectivity index (χ2n) is 5.48. The summed E-state index contributed by atoms with van der Waals surface area (Å²) >= 11 is 0. The topological polar surface area (TPSA) is 46.9 Å². The summed E-state index contributed by atoms with van der Waals surface area (Å²) in [6, 6.07) is 6.56. The van der Waals surface area contributed by atoms with Gasteiger partial charge in [-0.05, 0) is 37.5 Å². The van der Waals surface area contributed by atoms with E-state index in [1.54, 1.807) is 18.3 Å². The Hall–Kier alpha value is -2.17. The number of nitrogens with zero attached hydrogens (tertiary/aromatic N) is 2. The number of aryl methyl sites for hydroxylation is 1. The van der Waals surface area contributed by atoms with Gasteiger partial charge < -0.3 is 5.32 Å². The maximum absolute atomic E-state index is 12.9. The Bertz CT molecular complexity index is 607. The molecule has 0 radical (unpaired) electrons. The molecule has 2 aromatic rings. The lowest BCUT2D eigenvalue weighted by Gasteiger charge is -2.10. The Labute approximate surface area is 130 Å². The number of carbonyl (C=O) groups excluding carboxylic acids is 1. The van der Waals surface area contributed by atoms with Gasteiger partial charge >= 0.3 is 0 Å². The zero-order chi connectivity index (χ0) is 15.9. The average Bonchev–Trinajstić information content (AvgIpc) is 2.96. The third-order valence-electron chi connectivity index (χ3n) is 3.62. The van der Waals surface area contributed by atoms with Crippen LogP contribution >= 0.6 is 0 Å². The molecule has 1 amide bonds. The molecule has 118 valence electrons. The first-order valence-corrected chi connectivity index (χ1v) is 7.66. The number of carbonyl (C=O) groups is 1. The van der Waals surface area contributed by atoms with Crippen molar-refractivity contribution < 1.29 is 9.18 Å². The molecule has 1 aromatic carbocycles. The molecule has 1 aromatic heterocycles. The number of amides is 1. The maximum Gasteiger partial charge on any atom is 0.220 e. The van der Waals surface area contributed by atoms with Gasteiger partial charge in [0.05, 0.1) is 6.20 Å². The van der Waals surface area contributed by atoms with E-state index in [2.05, 4.69) is 10.4 Å². The highest BCUT2D eigenvalue weighted by Gasteiger charge is 2.06. The van der Waals surface area contributed by atoms with Crippen LogP contribution in [-0.4, -0.2) is 21.7 Å². The second kappa shape index (κ2) is 7.73. The number of aromatic nitrogens is 2. The van der Waals surface area contributed by atoms with Crippen molar-refractivity contribution in [2.24, 2.45) is 0 Å². The Balaban J connectivity index is 1.82. The van der Waals surface area contributed by atoms with E-state index in [4.69, 9.17) is 0 Å². The lowest BCUT2D eigenvalue weighted by molar-refractivity contribution is -0.121. The number of benzene rings is 1. The fraction of sp³-hybridized carbons (Fsp3) is 0.412. The summed E-state index contributed by atoms with van der Waals surface area (Å²) in [4.78, 5) is 11.7. The molecule has 0 aliphatic heterocycles. The molecule has 0 saturated carbocycles. The normalized spacial score (nSPS) is 12.1. The van der Waals surface area contributed by atoms with Crippen molar-refractivity contribution in [2.75, 3.05) is 0 Å². The molecule has 5 heteroatoms. The molecule has 4 nitrogen and oxygen atoms in total. The monoisotopic (exact) mass is 303 g/mol. The van der Waals surface area contributed by atoms with Gasteiger partial charge in [-0.15, -0.1) is 0 Å². The minimum Gasteiger partial charge on any atom is -0.354 e. The van der Waals surface area contributed by atoms with E-state index in [1.165, 1.54) is 12.1 Å². The van der Waals surface area contributed by atoms with E-state index in [-0.39, 0.29) is 17.8 Å². The zero-order valence-electron chi connectivity index (χ0n) is 13.1. The molecular weight excluding hydrogens is 281 g/mol. The summed E-state index contributed by atoms with van der Waals surface area (Å²) in [5.74, 6) is -0.163. The highest BCUT2D eigenvalue weighted by Crippen LogP contribution is 2.18. The van der Waals surface area contributed by atoms with Crippen LogP contribution in [0.25, 0.3) is 11.1 Å². The Morgan fingerprint density at radius 3 is 2.73 bits per heavy atom. The average molecular weight is 303 g/mol. The third kappa shape index (κ3) is 4.69. The molecule has 1 N–H and O–H groups in total. The number of rotatable bonds is 7. The molecular formula is C17H22FN3O. The van der Waals surface area contributed by atoms with Gasteiger partial charge in [-0.2, -0.15) is 5.10 Å². The summed E-state index contributed by atoms with van der Waals surface area (Å²) in [7, 11) is 0. The van der Waals surface area contributed by atoms with Crippen LogP contribution in [0.4, 0.5) is 4.39 Å². The highest BCUT2D eigenvalue weighted by atomic mass is 19.1. The minimum atomic E-state index is -0.247. The second-order valence-corrected chi connectivity index (χ2v) is 5.48. The summed E-state index contributed by atoms with van der Waals surface area (Å²) in [5.41, 5.74) is 1.88. The maximum atomic E-state index is 12.9. The molecule has 22 heavy (non-hydrogen) atoms. The first-order chi connectivity index (χ1) is 10.6.